The number of alkyl halides is 1. The van der Waals surface area contributed by atoms with Gasteiger partial charge in [0.15, 0.2) is 0 Å². The van der Waals surface area contributed by atoms with Crippen molar-refractivity contribution >= 4 is 26.0 Å². The molecule has 0 radical (unpaired) electrons. The number of halogens is 1. The lowest BCUT2D eigenvalue weighted by molar-refractivity contribution is -0.107. The van der Waals surface area contributed by atoms with Crippen LogP contribution in [0.2, 0.25) is 0 Å². The van der Waals surface area contributed by atoms with Crippen LogP contribution in [0.3, 0.4) is 0 Å². The molecule has 112 valence electrons. The second-order valence-electron chi connectivity index (χ2n) is 5.69. The maximum Gasteiger partial charge on any atom is 0.218 e. The fraction of sp³-hybridized carbons (Fsp3) is 0.571. The summed E-state index contributed by atoms with van der Waals surface area (Å²) in [7, 11) is -3.32. The third-order valence-corrected chi connectivity index (χ3v) is 5.69. The van der Waals surface area contributed by atoms with Gasteiger partial charge >= 0.3 is 0 Å². The molecule has 0 aliphatic carbocycles. The lowest BCUT2D eigenvalue weighted by atomic mass is 10.1. The van der Waals surface area contributed by atoms with E-state index in [2.05, 4.69) is 15.9 Å². The Balaban J connectivity index is 2.16. The van der Waals surface area contributed by atoms with Crippen molar-refractivity contribution in [2.24, 2.45) is 0 Å². The molecule has 0 saturated carbocycles. The molecule has 0 aromatic heterocycles. The summed E-state index contributed by atoms with van der Waals surface area (Å²) in [4.78, 5) is 0. The number of morpholine rings is 1. The molecule has 1 saturated heterocycles. The molecule has 1 fully saturated rings. The largest absolute Gasteiger partial charge is 0.369 e. The van der Waals surface area contributed by atoms with E-state index in [0.717, 1.165) is 5.56 Å². The first-order valence-electron chi connectivity index (χ1n) is 6.58. The molecule has 1 aromatic rings. The zero-order valence-corrected chi connectivity index (χ0v) is 14.2. The average molecular weight is 362 g/mol. The Morgan fingerprint density at radius 2 is 2.00 bits per heavy atom. The Morgan fingerprint density at radius 3 is 2.60 bits per heavy atom. The first-order valence-corrected chi connectivity index (χ1v) is 9.31. The molecule has 1 aromatic carbocycles. The first-order chi connectivity index (χ1) is 9.32. The quantitative estimate of drug-likeness (QED) is 0.773. The standard InChI is InChI=1S/C14H20BrNO3S/c1-14(2)11-16(9-13(8-15)19-14)20(17,18)10-12-6-4-3-5-7-12/h3-7,13H,8-11H2,1-2H3. The number of hydrogen-bond acceptors (Lipinski definition) is 3. The van der Waals surface area contributed by atoms with Gasteiger partial charge in [0.05, 0.1) is 17.5 Å². The lowest BCUT2D eigenvalue weighted by Gasteiger charge is -2.41. The van der Waals surface area contributed by atoms with Gasteiger partial charge in [0.2, 0.25) is 10.0 Å². The molecule has 6 heteroatoms. The van der Waals surface area contributed by atoms with Crippen LogP contribution < -0.4 is 0 Å². The zero-order chi connectivity index (χ0) is 14.8. The van der Waals surface area contributed by atoms with Crippen LogP contribution in [0.1, 0.15) is 19.4 Å². The molecule has 20 heavy (non-hydrogen) atoms. The van der Waals surface area contributed by atoms with Crippen LogP contribution in [0.4, 0.5) is 0 Å². The van der Waals surface area contributed by atoms with Gasteiger partial charge in [-0.3, -0.25) is 0 Å². The minimum absolute atomic E-state index is 0.0406. The number of hydrogen-bond donors (Lipinski definition) is 0. The topological polar surface area (TPSA) is 46.6 Å². The molecule has 1 aliphatic heterocycles. The Morgan fingerprint density at radius 1 is 1.35 bits per heavy atom. The molecule has 1 heterocycles. The predicted octanol–water partition coefficient (Wildman–Crippen LogP) is 2.39. The highest BCUT2D eigenvalue weighted by atomic mass is 79.9. The Bertz CT molecular complexity index is 545. The van der Waals surface area contributed by atoms with Gasteiger partial charge in [-0.25, -0.2) is 8.42 Å². The summed E-state index contributed by atoms with van der Waals surface area (Å²) in [5.74, 6) is 0.0406. The molecule has 2 rings (SSSR count). The van der Waals surface area contributed by atoms with Gasteiger partial charge in [-0.15, -0.1) is 0 Å². The molecule has 0 N–H and O–H groups in total. The summed E-state index contributed by atoms with van der Waals surface area (Å²) in [6, 6.07) is 9.27. The number of benzene rings is 1. The van der Waals surface area contributed by atoms with Crippen LogP contribution in [-0.2, 0) is 20.5 Å². The lowest BCUT2D eigenvalue weighted by Crippen LogP contribution is -2.55. The Hall–Kier alpha value is -0.430. The maximum atomic E-state index is 12.6. The van der Waals surface area contributed by atoms with Crippen molar-refractivity contribution in [2.45, 2.75) is 31.3 Å². The summed E-state index contributed by atoms with van der Waals surface area (Å²) in [6.07, 6.45) is -0.107. The Kier molecular flexibility index (Phi) is 4.89. The van der Waals surface area contributed by atoms with Crippen LogP contribution >= 0.6 is 15.9 Å². The molecule has 0 spiro atoms. The average Bonchev–Trinajstić information content (AvgIpc) is 2.37. The molecule has 0 bridgehead atoms. The highest BCUT2D eigenvalue weighted by Crippen LogP contribution is 2.25. The third kappa shape index (κ3) is 4.04. The van der Waals surface area contributed by atoms with E-state index in [0.29, 0.717) is 18.4 Å². The van der Waals surface area contributed by atoms with Gasteiger partial charge in [-0.1, -0.05) is 46.3 Å². The highest BCUT2D eigenvalue weighted by molar-refractivity contribution is 9.09. The van der Waals surface area contributed by atoms with Crippen molar-refractivity contribution in [3.63, 3.8) is 0 Å². The van der Waals surface area contributed by atoms with Crippen molar-refractivity contribution in [3.8, 4) is 0 Å². The van der Waals surface area contributed by atoms with E-state index in [-0.39, 0.29) is 11.9 Å². The van der Waals surface area contributed by atoms with Gasteiger partial charge in [0.25, 0.3) is 0 Å². The van der Waals surface area contributed by atoms with E-state index in [1.54, 1.807) is 4.31 Å². The van der Waals surface area contributed by atoms with E-state index < -0.39 is 15.6 Å². The summed E-state index contributed by atoms with van der Waals surface area (Å²) >= 11 is 3.38. The molecule has 0 amide bonds. The van der Waals surface area contributed by atoms with Crippen molar-refractivity contribution in [1.82, 2.24) is 4.31 Å². The van der Waals surface area contributed by atoms with Crippen LogP contribution in [0.15, 0.2) is 30.3 Å². The third-order valence-electron chi connectivity index (χ3n) is 3.21. The normalized spacial score (nSPS) is 23.6. The van der Waals surface area contributed by atoms with Gasteiger partial charge < -0.3 is 4.74 Å². The second-order valence-corrected chi connectivity index (χ2v) is 8.30. The monoisotopic (exact) mass is 361 g/mol. The summed E-state index contributed by atoms with van der Waals surface area (Å²) < 4.78 is 32.5. The van der Waals surface area contributed by atoms with E-state index in [4.69, 9.17) is 4.74 Å². The molecule has 1 aliphatic rings. The minimum Gasteiger partial charge on any atom is -0.369 e. The SMILES string of the molecule is CC1(C)CN(S(=O)(=O)Cc2ccccc2)CC(CBr)O1. The van der Waals surface area contributed by atoms with Crippen molar-refractivity contribution < 1.29 is 13.2 Å². The first kappa shape index (κ1) is 15.9. The van der Waals surface area contributed by atoms with Crippen molar-refractivity contribution in [3.05, 3.63) is 35.9 Å². The second kappa shape index (κ2) is 6.13. The molecular weight excluding hydrogens is 342 g/mol. The number of ether oxygens (including phenoxy) is 1. The number of sulfonamides is 1. The molecule has 4 nitrogen and oxygen atoms in total. The van der Waals surface area contributed by atoms with Crippen LogP contribution in [0.5, 0.6) is 0 Å². The van der Waals surface area contributed by atoms with Crippen LogP contribution in [0.25, 0.3) is 0 Å². The predicted molar refractivity (Wildman–Crippen MR) is 83.4 cm³/mol. The molecular formula is C14H20BrNO3S. The Labute approximate surface area is 129 Å². The summed E-state index contributed by atoms with van der Waals surface area (Å²) in [6.45, 7) is 4.65. The van der Waals surface area contributed by atoms with Crippen LogP contribution in [-0.4, -0.2) is 42.8 Å². The van der Waals surface area contributed by atoms with Crippen LogP contribution in [0, 0.1) is 0 Å². The van der Waals surface area contributed by atoms with Gasteiger partial charge in [-0.05, 0) is 19.4 Å². The smallest absolute Gasteiger partial charge is 0.218 e. The number of nitrogens with zero attached hydrogens (tertiary/aromatic N) is 1. The molecule has 1 unspecified atom stereocenters. The van der Waals surface area contributed by atoms with Gasteiger partial charge in [0, 0.05) is 18.4 Å². The van der Waals surface area contributed by atoms with Crippen molar-refractivity contribution in [1.29, 1.82) is 0 Å². The fourth-order valence-electron chi connectivity index (χ4n) is 2.41. The molecule has 1 atom stereocenters. The number of rotatable bonds is 4. The van der Waals surface area contributed by atoms with Crippen molar-refractivity contribution in [2.75, 3.05) is 18.4 Å². The fourth-order valence-corrected chi connectivity index (χ4v) is 4.44. The maximum absolute atomic E-state index is 12.6. The van der Waals surface area contributed by atoms with Gasteiger partial charge in [0.1, 0.15) is 0 Å². The van der Waals surface area contributed by atoms with E-state index in [1.165, 1.54) is 0 Å². The minimum atomic E-state index is -3.32. The van der Waals surface area contributed by atoms with E-state index in [1.807, 2.05) is 44.2 Å². The van der Waals surface area contributed by atoms with E-state index in [9.17, 15) is 8.42 Å². The van der Waals surface area contributed by atoms with E-state index >= 15 is 0 Å². The van der Waals surface area contributed by atoms with Gasteiger partial charge in [-0.2, -0.15) is 4.31 Å². The summed E-state index contributed by atoms with van der Waals surface area (Å²) in [5.41, 5.74) is 0.354. The highest BCUT2D eigenvalue weighted by Gasteiger charge is 2.38. The zero-order valence-electron chi connectivity index (χ0n) is 11.8. The summed E-state index contributed by atoms with van der Waals surface area (Å²) in [5, 5.41) is 0.633.